The molecule has 1 amide bonds. The molecule has 122 valence electrons. The van der Waals surface area contributed by atoms with Gasteiger partial charge in [-0.05, 0) is 6.92 Å². The van der Waals surface area contributed by atoms with Crippen LogP contribution in [-0.4, -0.2) is 22.0 Å². The number of benzene rings is 1. The zero-order chi connectivity index (χ0) is 17.1. The number of carbonyl (C=O) groups is 2. The number of rotatable bonds is 5. The largest absolute Gasteiger partial charge is 0.478 e. The maximum atomic E-state index is 12.1. The Balaban J connectivity index is 1.70. The molecular formula is C17H14N2O4S. The first-order chi connectivity index (χ1) is 11.5. The van der Waals surface area contributed by atoms with Crippen LogP contribution in [0.4, 0.5) is 0 Å². The van der Waals surface area contributed by atoms with E-state index in [0.29, 0.717) is 0 Å². The summed E-state index contributed by atoms with van der Waals surface area (Å²) in [6.45, 7) is 1.81. The van der Waals surface area contributed by atoms with Gasteiger partial charge in [0, 0.05) is 17.0 Å². The fraction of sp³-hybridized carbons (Fsp3) is 0.118. The van der Waals surface area contributed by atoms with Gasteiger partial charge in [0.05, 0.1) is 17.3 Å². The molecule has 0 spiro atoms. The third-order valence-electron chi connectivity index (χ3n) is 3.38. The number of aromatic nitrogens is 1. The lowest BCUT2D eigenvalue weighted by Crippen LogP contribution is -2.26. The Hall–Kier alpha value is -2.93. The van der Waals surface area contributed by atoms with E-state index in [2.05, 4.69) is 10.3 Å². The zero-order valence-corrected chi connectivity index (χ0v) is 13.5. The van der Waals surface area contributed by atoms with Gasteiger partial charge in [-0.25, -0.2) is 9.78 Å². The van der Waals surface area contributed by atoms with E-state index < -0.39 is 11.9 Å². The second-order valence-electron chi connectivity index (χ2n) is 5.14. The van der Waals surface area contributed by atoms with E-state index in [-0.39, 0.29) is 17.4 Å². The predicted octanol–water partition coefficient (Wildman–Crippen LogP) is 3.59. The summed E-state index contributed by atoms with van der Waals surface area (Å²) in [4.78, 5) is 27.5. The van der Waals surface area contributed by atoms with Crippen LogP contribution in [0.5, 0.6) is 0 Å². The second kappa shape index (κ2) is 6.67. The van der Waals surface area contributed by atoms with Gasteiger partial charge in [-0.2, -0.15) is 0 Å². The Morgan fingerprint density at radius 2 is 2.04 bits per heavy atom. The van der Waals surface area contributed by atoms with Crippen molar-refractivity contribution < 1.29 is 19.1 Å². The molecule has 0 aliphatic rings. The lowest BCUT2D eigenvalue weighted by atomic mass is 10.2. The molecule has 1 atom stereocenters. The average molecular weight is 342 g/mol. The van der Waals surface area contributed by atoms with Crippen molar-refractivity contribution in [2.45, 2.75) is 13.0 Å². The minimum atomic E-state index is -1.14. The summed E-state index contributed by atoms with van der Waals surface area (Å²) in [6.07, 6.45) is 1.04. The first kappa shape index (κ1) is 15.9. The average Bonchev–Trinajstić information content (AvgIpc) is 3.25. The molecule has 24 heavy (non-hydrogen) atoms. The van der Waals surface area contributed by atoms with Crippen LogP contribution in [0.1, 0.15) is 38.9 Å². The number of hydrogen-bond donors (Lipinski definition) is 2. The molecule has 2 N–H and O–H groups in total. The molecular weight excluding hydrogens is 328 g/mol. The van der Waals surface area contributed by atoms with Crippen molar-refractivity contribution in [2.24, 2.45) is 0 Å². The minimum Gasteiger partial charge on any atom is -0.478 e. The number of hydrogen-bond acceptors (Lipinski definition) is 5. The standard InChI is InChI=1S/C17H14N2O4S/c1-10(18-15(20)14-7-12(8-23-14)17(21)22)16-19-13(9-24-16)11-5-3-2-4-6-11/h2-10H,1H3,(H,18,20)(H,21,22). The summed E-state index contributed by atoms with van der Waals surface area (Å²) in [6, 6.07) is 10.6. The number of thiazole rings is 1. The zero-order valence-electron chi connectivity index (χ0n) is 12.7. The molecule has 0 bridgehead atoms. The van der Waals surface area contributed by atoms with Crippen LogP contribution >= 0.6 is 11.3 Å². The van der Waals surface area contributed by atoms with E-state index in [4.69, 9.17) is 9.52 Å². The first-order valence-electron chi connectivity index (χ1n) is 7.18. The van der Waals surface area contributed by atoms with Crippen molar-refractivity contribution in [1.29, 1.82) is 0 Å². The maximum absolute atomic E-state index is 12.1. The fourth-order valence-corrected chi connectivity index (χ4v) is 2.96. The number of aromatic carboxylic acids is 1. The van der Waals surface area contributed by atoms with Crippen LogP contribution < -0.4 is 5.32 Å². The van der Waals surface area contributed by atoms with Crippen LogP contribution in [-0.2, 0) is 0 Å². The van der Waals surface area contributed by atoms with Crippen molar-refractivity contribution in [3.05, 3.63) is 64.4 Å². The third kappa shape index (κ3) is 3.36. The molecule has 3 aromatic rings. The van der Waals surface area contributed by atoms with Gasteiger partial charge in [0.1, 0.15) is 11.3 Å². The van der Waals surface area contributed by atoms with Gasteiger partial charge < -0.3 is 14.8 Å². The highest BCUT2D eigenvalue weighted by Crippen LogP contribution is 2.25. The van der Waals surface area contributed by atoms with Gasteiger partial charge in [0.25, 0.3) is 5.91 Å². The number of furan rings is 1. The molecule has 2 heterocycles. The molecule has 7 heteroatoms. The third-order valence-corrected chi connectivity index (χ3v) is 4.41. The molecule has 0 aliphatic carbocycles. The summed E-state index contributed by atoms with van der Waals surface area (Å²) < 4.78 is 4.99. The normalized spacial score (nSPS) is 11.9. The molecule has 1 unspecified atom stereocenters. The molecule has 0 fully saturated rings. The number of carboxylic acid groups (broad SMARTS) is 1. The van der Waals surface area contributed by atoms with E-state index in [1.54, 1.807) is 0 Å². The highest BCUT2D eigenvalue weighted by atomic mass is 32.1. The summed E-state index contributed by atoms with van der Waals surface area (Å²) >= 11 is 1.45. The van der Waals surface area contributed by atoms with Crippen molar-refractivity contribution >= 4 is 23.2 Å². The lowest BCUT2D eigenvalue weighted by molar-refractivity contribution is 0.0695. The SMILES string of the molecule is CC(NC(=O)c1cc(C(=O)O)co1)c1nc(-c2ccccc2)cs1. The van der Waals surface area contributed by atoms with Gasteiger partial charge in [-0.15, -0.1) is 11.3 Å². The summed E-state index contributed by atoms with van der Waals surface area (Å²) in [5.74, 6) is -1.66. The van der Waals surface area contributed by atoms with Crippen LogP contribution in [0.25, 0.3) is 11.3 Å². The maximum Gasteiger partial charge on any atom is 0.338 e. The number of nitrogens with zero attached hydrogens (tertiary/aromatic N) is 1. The Morgan fingerprint density at radius 1 is 1.29 bits per heavy atom. The van der Waals surface area contributed by atoms with Crippen LogP contribution in [0.15, 0.2) is 52.5 Å². The quantitative estimate of drug-likeness (QED) is 0.739. The Labute approximate surface area is 141 Å². The number of carboxylic acids is 1. The van der Waals surface area contributed by atoms with Gasteiger partial charge in [0.2, 0.25) is 0 Å². The van der Waals surface area contributed by atoms with Crippen LogP contribution in [0, 0.1) is 0 Å². The van der Waals surface area contributed by atoms with Crippen LogP contribution in [0.2, 0.25) is 0 Å². The number of carbonyl (C=O) groups excluding carboxylic acids is 1. The van der Waals surface area contributed by atoms with Crippen LogP contribution in [0.3, 0.4) is 0 Å². The summed E-state index contributed by atoms with van der Waals surface area (Å²) in [7, 11) is 0. The molecule has 0 saturated heterocycles. The minimum absolute atomic E-state index is 0.0425. The number of nitrogens with one attached hydrogen (secondary N) is 1. The highest BCUT2D eigenvalue weighted by molar-refractivity contribution is 7.10. The van der Waals surface area contributed by atoms with E-state index in [0.717, 1.165) is 22.5 Å². The molecule has 1 aromatic carbocycles. The van der Waals surface area contributed by atoms with Gasteiger partial charge >= 0.3 is 5.97 Å². The molecule has 0 saturated carbocycles. The van der Waals surface area contributed by atoms with E-state index >= 15 is 0 Å². The topological polar surface area (TPSA) is 92.4 Å². The van der Waals surface area contributed by atoms with Gasteiger partial charge in [-0.1, -0.05) is 30.3 Å². The van der Waals surface area contributed by atoms with Crippen molar-refractivity contribution in [1.82, 2.24) is 10.3 Å². The Bertz CT molecular complexity index is 870. The fourth-order valence-electron chi connectivity index (χ4n) is 2.12. The Kier molecular flexibility index (Phi) is 4.43. The van der Waals surface area contributed by atoms with E-state index in [9.17, 15) is 9.59 Å². The summed E-state index contributed by atoms with van der Waals surface area (Å²) in [5.41, 5.74) is 1.80. The number of amides is 1. The van der Waals surface area contributed by atoms with Gasteiger partial charge in [0.15, 0.2) is 5.76 Å². The smallest absolute Gasteiger partial charge is 0.338 e. The molecule has 0 aliphatic heterocycles. The second-order valence-corrected chi connectivity index (χ2v) is 6.03. The van der Waals surface area contributed by atoms with E-state index in [1.165, 1.54) is 17.4 Å². The molecule has 6 nitrogen and oxygen atoms in total. The van der Waals surface area contributed by atoms with Crippen molar-refractivity contribution in [3.8, 4) is 11.3 Å². The van der Waals surface area contributed by atoms with Gasteiger partial charge in [-0.3, -0.25) is 4.79 Å². The Morgan fingerprint density at radius 3 is 2.71 bits per heavy atom. The van der Waals surface area contributed by atoms with Crippen molar-refractivity contribution in [2.75, 3.05) is 0 Å². The van der Waals surface area contributed by atoms with Crippen molar-refractivity contribution in [3.63, 3.8) is 0 Å². The molecule has 2 aromatic heterocycles. The molecule has 3 rings (SSSR count). The summed E-state index contributed by atoms with van der Waals surface area (Å²) in [5, 5.41) is 14.3. The first-order valence-corrected chi connectivity index (χ1v) is 8.06. The predicted molar refractivity (Wildman–Crippen MR) is 89.1 cm³/mol. The lowest BCUT2D eigenvalue weighted by Gasteiger charge is -2.09. The highest BCUT2D eigenvalue weighted by Gasteiger charge is 2.19. The monoisotopic (exact) mass is 342 g/mol. The molecule has 0 radical (unpaired) electrons. The van der Waals surface area contributed by atoms with E-state index in [1.807, 2.05) is 42.6 Å².